The number of carbonyl (C=O) groups excluding carboxylic acids is 2. The van der Waals surface area contributed by atoms with Crippen LogP contribution in [0.3, 0.4) is 0 Å². The molecule has 1 N–H and O–H groups in total. The van der Waals surface area contributed by atoms with E-state index in [0.717, 1.165) is 29.7 Å². The van der Waals surface area contributed by atoms with Crippen molar-refractivity contribution in [3.63, 3.8) is 0 Å². The highest BCUT2D eigenvalue weighted by Crippen LogP contribution is 2.39. The number of hydrogen-bond acceptors (Lipinski definition) is 7. The first-order chi connectivity index (χ1) is 14.0. The molecule has 8 heteroatoms. The van der Waals surface area contributed by atoms with Gasteiger partial charge in [0.15, 0.2) is 12.3 Å². The van der Waals surface area contributed by atoms with Crippen molar-refractivity contribution in [3.8, 4) is 6.07 Å². The van der Waals surface area contributed by atoms with Crippen LogP contribution < -0.4 is 5.32 Å². The highest BCUT2D eigenvalue weighted by atomic mass is 32.1. The molecule has 29 heavy (non-hydrogen) atoms. The standard InChI is InChI=1S/C21H18N4O3S/c1-12-6-7-13-14(9-22)20(29-18(13)8-12)25-19(26)11-28-21(27)17-10-23-15-4-2-3-5-16(15)24-17/h2-5,10,12H,6-8,11H2,1H3,(H,25,26). The summed E-state index contributed by atoms with van der Waals surface area (Å²) in [7, 11) is 0. The summed E-state index contributed by atoms with van der Waals surface area (Å²) in [6.07, 6.45) is 4.13. The molecule has 0 spiro atoms. The molecule has 1 aliphatic rings. The Morgan fingerprint density at radius 2 is 2.14 bits per heavy atom. The number of esters is 1. The number of nitrogens with one attached hydrogen (secondary N) is 1. The maximum Gasteiger partial charge on any atom is 0.359 e. The molecule has 0 saturated heterocycles. The van der Waals surface area contributed by atoms with Crippen molar-refractivity contribution in [1.29, 1.82) is 5.26 Å². The predicted octanol–water partition coefficient (Wildman–Crippen LogP) is 3.48. The molecular weight excluding hydrogens is 388 g/mol. The van der Waals surface area contributed by atoms with Crippen LogP contribution in [-0.4, -0.2) is 28.5 Å². The molecule has 1 atom stereocenters. The Morgan fingerprint density at radius 3 is 2.93 bits per heavy atom. The van der Waals surface area contributed by atoms with Crippen molar-refractivity contribution < 1.29 is 14.3 Å². The number of anilines is 1. The van der Waals surface area contributed by atoms with Gasteiger partial charge in [0.2, 0.25) is 0 Å². The fraction of sp³-hybridized carbons (Fsp3) is 0.286. The van der Waals surface area contributed by atoms with Crippen LogP contribution in [0.1, 0.15) is 39.8 Å². The van der Waals surface area contributed by atoms with Gasteiger partial charge in [-0.25, -0.2) is 9.78 Å². The summed E-state index contributed by atoms with van der Waals surface area (Å²) >= 11 is 1.43. The molecule has 0 aliphatic heterocycles. The molecule has 4 rings (SSSR count). The number of nitrogens with zero attached hydrogens (tertiary/aromatic N) is 3. The van der Waals surface area contributed by atoms with E-state index in [1.807, 2.05) is 6.07 Å². The van der Waals surface area contributed by atoms with Crippen LogP contribution in [0.25, 0.3) is 11.0 Å². The topological polar surface area (TPSA) is 105 Å². The average molecular weight is 406 g/mol. The second-order valence-corrected chi connectivity index (χ2v) is 8.14. The molecule has 1 unspecified atom stereocenters. The van der Waals surface area contributed by atoms with Gasteiger partial charge in [0, 0.05) is 4.88 Å². The summed E-state index contributed by atoms with van der Waals surface area (Å²) < 4.78 is 5.07. The van der Waals surface area contributed by atoms with Gasteiger partial charge in [-0.15, -0.1) is 11.3 Å². The zero-order valence-corrected chi connectivity index (χ0v) is 16.6. The number of amides is 1. The second kappa shape index (κ2) is 7.97. The first-order valence-electron chi connectivity index (χ1n) is 9.28. The molecule has 2 aromatic heterocycles. The minimum absolute atomic E-state index is 0.0368. The van der Waals surface area contributed by atoms with Gasteiger partial charge >= 0.3 is 5.97 Å². The van der Waals surface area contributed by atoms with Crippen molar-refractivity contribution in [3.05, 3.63) is 52.2 Å². The van der Waals surface area contributed by atoms with E-state index in [4.69, 9.17) is 4.74 Å². The first-order valence-corrected chi connectivity index (χ1v) is 10.1. The molecule has 3 aromatic rings. The second-order valence-electron chi connectivity index (χ2n) is 7.04. The molecule has 1 aliphatic carbocycles. The predicted molar refractivity (Wildman–Crippen MR) is 109 cm³/mol. The van der Waals surface area contributed by atoms with E-state index < -0.39 is 18.5 Å². The van der Waals surface area contributed by atoms with Gasteiger partial charge in [-0.2, -0.15) is 5.26 Å². The number of fused-ring (bicyclic) bond motifs is 2. The van der Waals surface area contributed by atoms with Crippen LogP contribution in [0.2, 0.25) is 0 Å². The third kappa shape index (κ3) is 3.96. The van der Waals surface area contributed by atoms with E-state index >= 15 is 0 Å². The lowest BCUT2D eigenvalue weighted by Crippen LogP contribution is -2.21. The minimum Gasteiger partial charge on any atom is -0.451 e. The summed E-state index contributed by atoms with van der Waals surface area (Å²) in [5.74, 6) is -0.645. The molecule has 1 amide bonds. The molecule has 0 saturated carbocycles. The van der Waals surface area contributed by atoms with Crippen LogP contribution >= 0.6 is 11.3 Å². The van der Waals surface area contributed by atoms with Crippen molar-refractivity contribution in [2.45, 2.75) is 26.2 Å². The summed E-state index contributed by atoms with van der Waals surface area (Å²) in [6, 6.07) is 9.37. The molecule has 2 heterocycles. The summed E-state index contributed by atoms with van der Waals surface area (Å²) in [5, 5.41) is 12.7. The van der Waals surface area contributed by atoms with E-state index in [9.17, 15) is 14.9 Å². The van der Waals surface area contributed by atoms with Crippen LogP contribution in [0, 0.1) is 17.2 Å². The van der Waals surface area contributed by atoms with Crippen LogP contribution in [0.15, 0.2) is 30.5 Å². The van der Waals surface area contributed by atoms with Gasteiger partial charge in [-0.1, -0.05) is 19.1 Å². The van der Waals surface area contributed by atoms with Crippen LogP contribution in [0.5, 0.6) is 0 Å². The Morgan fingerprint density at radius 1 is 1.34 bits per heavy atom. The van der Waals surface area contributed by atoms with Gasteiger partial charge in [-0.3, -0.25) is 9.78 Å². The van der Waals surface area contributed by atoms with E-state index in [0.29, 0.717) is 27.5 Å². The van der Waals surface area contributed by atoms with Gasteiger partial charge in [0.25, 0.3) is 5.91 Å². The third-order valence-electron chi connectivity index (χ3n) is 4.87. The van der Waals surface area contributed by atoms with Gasteiger partial charge < -0.3 is 10.1 Å². The van der Waals surface area contributed by atoms with Gasteiger partial charge in [0.1, 0.15) is 11.1 Å². The number of benzene rings is 1. The maximum atomic E-state index is 12.3. The lowest BCUT2D eigenvalue weighted by molar-refractivity contribution is -0.119. The van der Waals surface area contributed by atoms with Crippen molar-refractivity contribution in [2.24, 2.45) is 5.92 Å². The third-order valence-corrected chi connectivity index (χ3v) is 6.04. The first kappa shape index (κ1) is 19.0. The lowest BCUT2D eigenvalue weighted by atomic mass is 9.89. The Hall–Kier alpha value is -3.31. The van der Waals surface area contributed by atoms with Gasteiger partial charge in [-0.05, 0) is 42.9 Å². The zero-order chi connectivity index (χ0) is 20.4. The van der Waals surface area contributed by atoms with Crippen LogP contribution in [-0.2, 0) is 22.4 Å². The normalized spacial score (nSPS) is 15.4. The smallest absolute Gasteiger partial charge is 0.359 e. The summed E-state index contributed by atoms with van der Waals surface area (Å²) in [4.78, 5) is 34.0. The number of ether oxygens (including phenoxy) is 1. The van der Waals surface area contributed by atoms with E-state index in [2.05, 4.69) is 28.3 Å². The number of thiophene rings is 1. The number of carbonyl (C=O) groups is 2. The summed E-state index contributed by atoms with van der Waals surface area (Å²) in [5.41, 5.74) is 2.84. The Labute approximate surface area is 171 Å². The Bertz CT molecular complexity index is 1150. The molecule has 146 valence electrons. The summed E-state index contributed by atoms with van der Waals surface area (Å²) in [6.45, 7) is 1.72. The molecule has 0 radical (unpaired) electrons. The average Bonchev–Trinajstić information content (AvgIpc) is 3.07. The quantitative estimate of drug-likeness (QED) is 0.665. The van der Waals surface area contributed by atoms with E-state index in [1.54, 1.807) is 18.2 Å². The SMILES string of the molecule is CC1CCc2c(sc(NC(=O)COC(=O)c3cnc4ccccc4n3)c2C#N)C1. The highest BCUT2D eigenvalue weighted by Gasteiger charge is 2.25. The van der Waals surface area contributed by atoms with E-state index in [-0.39, 0.29) is 5.69 Å². The Kier molecular flexibility index (Phi) is 5.23. The van der Waals surface area contributed by atoms with Crippen molar-refractivity contribution in [2.75, 3.05) is 11.9 Å². The van der Waals surface area contributed by atoms with Crippen molar-refractivity contribution >= 4 is 39.2 Å². The number of rotatable bonds is 4. The van der Waals surface area contributed by atoms with Crippen molar-refractivity contribution in [1.82, 2.24) is 9.97 Å². The molecular formula is C21H18N4O3S. The number of para-hydroxylation sites is 2. The lowest BCUT2D eigenvalue weighted by Gasteiger charge is -2.17. The number of hydrogen-bond donors (Lipinski definition) is 1. The molecule has 7 nitrogen and oxygen atoms in total. The van der Waals surface area contributed by atoms with Gasteiger partial charge in [0.05, 0.1) is 22.8 Å². The minimum atomic E-state index is -0.724. The molecule has 0 bridgehead atoms. The number of nitriles is 1. The fourth-order valence-corrected chi connectivity index (χ4v) is 4.76. The largest absolute Gasteiger partial charge is 0.451 e. The molecule has 0 fully saturated rings. The fourth-order valence-electron chi connectivity index (χ4n) is 3.38. The highest BCUT2D eigenvalue weighted by molar-refractivity contribution is 7.16. The zero-order valence-electron chi connectivity index (χ0n) is 15.8. The number of aromatic nitrogens is 2. The maximum absolute atomic E-state index is 12.3. The van der Waals surface area contributed by atoms with Crippen LogP contribution in [0.4, 0.5) is 5.00 Å². The van der Waals surface area contributed by atoms with E-state index in [1.165, 1.54) is 17.5 Å². The monoisotopic (exact) mass is 406 g/mol. The molecule has 1 aromatic carbocycles. The Balaban J connectivity index is 1.41.